The number of aromatic nitrogens is 2. The molecule has 5 heteroatoms. The predicted octanol–water partition coefficient (Wildman–Crippen LogP) is 6.84. The van der Waals surface area contributed by atoms with Gasteiger partial charge in [0.25, 0.3) is 0 Å². The van der Waals surface area contributed by atoms with Crippen molar-refractivity contribution < 1.29 is 9.50 Å². The van der Waals surface area contributed by atoms with E-state index in [-0.39, 0.29) is 17.2 Å². The standard InChI is InChI=1S/C27H25FN2OS/c1-27-15-30-16-29-25(17-9-11-19(28)12-10-17)23(30)13-18(27)5-4-7-22(27)26(31)21-14-32-24-8-3-2-6-20(21)24/h2-3,6,8-14,16,22,26,31H,4-5,7,15H2,1H3. The molecule has 4 aromatic rings. The van der Waals surface area contributed by atoms with E-state index in [2.05, 4.69) is 52.2 Å². The summed E-state index contributed by atoms with van der Waals surface area (Å²) < 4.78 is 16.8. The molecular formula is C27H25FN2OS. The highest BCUT2D eigenvalue weighted by Crippen LogP contribution is 2.54. The highest BCUT2D eigenvalue weighted by molar-refractivity contribution is 7.17. The van der Waals surface area contributed by atoms with Gasteiger partial charge in [-0.05, 0) is 77.9 Å². The van der Waals surface area contributed by atoms with Crippen LogP contribution in [0.2, 0.25) is 0 Å². The lowest BCUT2D eigenvalue weighted by Crippen LogP contribution is -2.42. The third-order valence-corrected chi connectivity index (χ3v) is 8.51. The summed E-state index contributed by atoms with van der Waals surface area (Å²) in [5.74, 6) is -0.0943. The first-order valence-corrected chi connectivity index (χ1v) is 12.1. The molecule has 0 saturated heterocycles. The number of benzene rings is 2. The van der Waals surface area contributed by atoms with Crippen molar-refractivity contribution >= 4 is 27.5 Å². The number of imidazole rings is 1. The van der Waals surface area contributed by atoms with Crippen LogP contribution >= 0.6 is 11.3 Å². The zero-order valence-electron chi connectivity index (χ0n) is 18.0. The molecule has 1 aliphatic heterocycles. The molecule has 162 valence electrons. The summed E-state index contributed by atoms with van der Waals surface area (Å²) in [7, 11) is 0. The molecule has 0 amide bonds. The van der Waals surface area contributed by atoms with Crippen molar-refractivity contribution in [1.29, 1.82) is 0 Å². The molecular weight excluding hydrogens is 419 g/mol. The number of hydrogen-bond acceptors (Lipinski definition) is 3. The Labute approximate surface area is 190 Å². The second-order valence-electron chi connectivity index (χ2n) is 9.33. The van der Waals surface area contributed by atoms with Crippen molar-refractivity contribution in [3.63, 3.8) is 0 Å². The number of aliphatic hydroxyl groups is 1. The number of aliphatic hydroxyl groups excluding tert-OH is 1. The summed E-state index contributed by atoms with van der Waals surface area (Å²) in [6.45, 7) is 3.10. The lowest BCUT2D eigenvalue weighted by atomic mass is 9.60. The number of nitrogens with zero attached hydrogens (tertiary/aromatic N) is 2. The Hall–Kier alpha value is -2.76. The van der Waals surface area contributed by atoms with Crippen LogP contribution in [-0.2, 0) is 6.54 Å². The Bertz CT molecular complexity index is 1340. The summed E-state index contributed by atoms with van der Waals surface area (Å²) in [5.41, 5.74) is 5.23. The van der Waals surface area contributed by atoms with Gasteiger partial charge in [0.1, 0.15) is 5.82 Å². The van der Waals surface area contributed by atoms with E-state index < -0.39 is 6.10 Å². The van der Waals surface area contributed by atoms with Crippen LogP contribution in [0.15, 0.2) is 65.8 Å². The number of halogens is 1. The third kappa shape index (κ3) is 2.99. The third-order valence-electron chi connectivity index (χ3n) is 7.53. The van der Waals surface area contributed by atoms with E-state index in [0.717, 1.165) is 48.3 Å². The van der Waals surface area contributed by atoms with Gasteiger partial charge in [-0.2, -0.15) is 0 Å². The highest BCUT2D eigenvalue weighted by atomic mass is 32.1. The zero-order chi connectivity index (χ0) is 21.9. The monoisotopic (exact) mass is 444 g/mol. The lowest BCUT2D eigenvalue weighted by molar-refractivity contribution is 0.0134. The molecule has 3 atom stereocenters. The van der Waals surface area contributed by atoms with Crippen LogP contribution in [0.4, 0.5) is 4.39 Å². The van der Waals surface area contributed by atoms with Crippen LogP contribution in [0.3, 0.4) is 0 Å². The fourth-order valence-corrected chi connectivity index (χ4v) is 6.77. The number of thiophene rings is 1. The van der Waals surface area contributed by atoms with Gasteiger partial charge in [0, 0.05) is 22.2 Å². The zero-order valence-corrected chi connectivity index (χ0v) is 18.8. The molecule has 0 radical (unpaired) electrons. The number of rotatable bonds is 3. The smallest absolute Gasteiger partial charge is 0.123 e. The van der Waals surface area contributed by atoms with Crippen LogP contribution in [0.25, 0.3) is 27.4 Å². The van der Waals surface area contributed by atoms with Crippen LogP contribution in [-0.4, -0.2) is 14.7 Å². The minimum atomic E-state index is -0.499. The lowest BCUT2D eigenvalue weighted by Gasteiger charge is -2.48. The minimum absolute atomic E-state index is 0.130. The minimum Gasteiger partial charge on any atom is -0.388 e. The van der Waals surface area contributed by atoms with E-state index in [4.69, 9.17) is 0 Å². The maximum absolute atomic E-state index is 13.4. The Morgan fingerprint density at radius 3 is 2.84 bits per heavy atom. The van der Waals surface area contributed by atoms with Crippen molar-refractivity contribution in [2.45, 2.75) is 38.8 Å². The predicted molar refractivity (Wildman–Crippen MR) is 128 cm³/mol. The van der Waals surface area contributed by atoms with Gasteiger partial charge in [0.2, 0.25) is 0 Å². The normalized spacial score (nSPS) is 23.5. The second kappa shape index (κ2) is 7.39. The Balaban J connectivity index is 1.39. The highest BCUT2D eigenvalue weighted by Gasteiger charge is 2.46. The van der Waals surface area contributed by atoms with E-state index in [1.54, 1.807) is 23.5 Å². The van der Waals surface area contributed by atoms with Crippen molar-refractivity contribution in [3.8, 4) is 11.3 Å². The summed E-state index contributed by atoms with van der Waals surface area (Å²) in [6.07, 6.45) is 6.79. The largest absolute Gasteiger partial charge is 0.388 e. The van der Waals surface area contributed by atoms with Gasteiger partial charge in [-0.1, -0.05) is 30.7 Å². The molecule has 2 aromatic heterocycles. The van der Waals surface area contributed by atoms with Crippen LogP contribution < -0.4 is 0 Å². The summed E-state index contributed by atoms with van der Waals surface area (Å²) in [5, 5.41) is 14.9. The molecule has 1 saturated carbocycles. The maximum Gasteiger partial charge on any atom is 0.123 e. The molecule has 3 unspecified atom stereocenters. The average molecular weight is 445 g/mol. The first-order chi connectivity index (χ1) is 15.5. The first kappa shape index (κ1) is 19.9. The number of fused-ring (bicyclic) bond motifs is 3. The van der Waals surface area contributed by atoms with Gasteiger partial charge < -0.3 is 9.67 Å². The van der Waals surface area contributed by atoms with Crippen LogP contribution in [0.5, 0.6) is 0 Å². The van der Waals surface area contributed by atoms with E-state index in [0.29, 0.717) is 0 Å². The van der Waals surface area contributed by atoms with Crippen molar-refractivity contribution in [3.05, 3.63) is 82.9 Å². The van der Waals surface area contributed by atoms with Crippen LogP contribution in [0, 0.1) is 17.2 Å². The molecule has 0 bridgehead atoms. The molecule has 1 N–H and O–H groups in total. The molecule has 1 aliphatic carbocycles. The van der Waals surface area contributed by atoms with Crippen molar-refractivity contribution in [2.24, 2.45) is 11.3 Å². The Kier molecular flexibility index (Phi) is 4.60. The summed E-state index contributed by atoms with van der Waals surface area (Å²) >= 11 is 1.71. The molecule has 1 fully saturated rings. The maximum atomic E-state index is 13.4. The quantitative estimate of drug-likeness (QED) is 0.376. The molecule has 3 nitrogen and oxygen atoms in total. The number of allylic oxidation sites excluding steroid dienone is 1. The fraction of sp³-hybridized carbons (Fsp3) is 0.296. The van der Waals surface area contributed by atoms with Gasteiger partial charge in [-0.3, -0.25) is 0 Å². The second-order valence-corrected chi connectivity index (χ2v) is 10.2. The van der Waals surface area contributed by atoms with Crippen molar-refractivity contribution in [1.82, 2.24) is 9.55 Å². The van der Waals surface area contributed by atoms with Crippen LogP contribution in [0.1, 0.15) is 43.5 Å². The molecule has 2 aromatic carbocycles. The molecule has 3 heterocycles. The number of hydrogen-bond donors (Lipinski definition) is 1. The fourth-order valence-electron chi connectivity index (χ4n) is 5.78. The van der Waals surface area contributed by atoms with Gasteiger partial charge in [0.05, 0.1) is 23.8 Å². The van der Waals surface area contributed by atoms with Gasteiger partial charge in [-0.15, -0.1) is 11.3 Å². The Morgan fingerprint density at radius 1 is 1.19 bits per heavy atom. The molecule has 32 heavy (non-hydrogen) atoms. The topological polar surface area (TPSA) is 38.0 Å². The van der Waals surface area contributed by atoms with E-state index in [9.17, 15) is 9.50 Å². The van der Waals surface area contributed by atoms with Crippen molar-refractivity contribution in [2.75, 3.05) is 0 Å². The molecule has 0 spiro atoms. The van der Waals surface area contributed by atoms with E-state index >= 15 is 0 Å². The summed E-state index contributed by atoms with van der Waals surface area (Å²) in [6, 6.07) is 14.9. The SMILES string of the molecule is CC12Cn3cnc(-c4ccc(F)cc4)c3C=C1CCCC2C(O)c1csc2ccccc12. The molecule has 2 aliphatic rings. The van der Waals surface area contributed by atoms with Gasteiger partial charge in [-0.25, -0.2) is 9.37 Å². The van der Waals surface area contributed by atoms with E-state index in [1.165, 1.54) is 27.8 Å². The molecule has 6 rings (SSSR count). The van der Waals surface area contributed by atoms with Gasteiger partial charge >= 0.3 is 0 Å². The summed E-state index contributed by atoms with van der Waals surface area (Å²) in [4.78, 5) is 4.68. The first-order valence-electron chi connectivity index (χ1n) is 11.2. The Morgan fingerprint density at radius 2 is 2.00 bits per heavy atom. The van der Waals surface area contributed by atoms with Gasteiger partial charge in [0.15, 0.2) is 0 Å². The van der Waals surface area contributed by atoms with E-state index in [1.807, 2.05) is 6.33 Å². The average Bonchev–Trinajstić information content (AvgIpc) is 3.41.